The van der Waals surface area contributed by atoms with Crippen molar-refractivity contribution in [3.05, 3.63) is 24.3 Å². The van der Waals surface area contributed by atoms with E-state index in [-0.39, 0.29) is 12.1 Å². The monoisotopic (exact) mass is 263 g/mol. The van der Waals surface area contributed by atoms with Gasteiger partial charge in [0, 0.05) is 6.04 Å². The van der Waals surface area contributed by atoms with Crippen molar-refractivity contribution in [1.29, 1.82) is 0 Å². The molecular weight excluding hydrogens is 238 g/mol. The van der Waals surface area contributed by atoms with Crippen molar-refractivity contribution in [3.8, 4) is 11.5 Å². The van der Waals surface area contributed by atoms with Crippen molar-refractivity contribution in [2.24, 2.45) is 5.73 Å². The van der Waals surface area contributed by atoms with Gasteiger partial charge in [-0.3, -0.25) is 0 Å². The molecule has 3 nitrogen and oxygen atoms in total. The molecule has 106 valence electrons. The lowest BCUT2D eigenvalue weighted by molar-refractivity contribution is 0.162. The van der Waals surface area contributed by atoms with Crippen LogP contribution in [0.3, 0.4) is 0 Å². The standard InChI is InChI=1S/C16H25NO2/c1-2-12-18-13-8-10-14(11-9-13)19-16-7-5-3-4-6-15(16)17/h8-11,15-16H,2-7,12,17H2,1H3. The summed E-state index contributed by atoms with van der Waals surface area (Å²) in [6, 6.07) is 8.05. The molecule has 1 aromatic carbocycles. The van der Waals surface area contributed by atoms with Crippen molar-refractivity contribution in [1.82, 2.24) is 0 Å². The Kier molecular flexibility index (Phi) is 5.52. The van der Waals surface area contributed by atoms with Crippen LogP contribution in [0.25, 0.3) is 0 Å². The average molecular weight is 263 g/mol. The number of ether oxygens (including phenoxy) is 2. The van der Waals surface area contributed by atoms with Crippen LogP contribution in [0.5, 0.6) is 11.5 Å². The van der Waals surface area contributed by atoms with Crippen molar-refractivity contribution < 1.29 is 9.47 Å². The molecule has 0 amide bonds. The molecule has 0 aliphatic heterocycles. The normalized spacial score (nSPS) is 23.7. The van der Waals surface area contributed by atoms with Gasteiger partial charge in [-0.05, 0) is 49.9 Å². The largest absolute Gasteiger partial charge is 0.494 e. The second-order valence-electron chi connectivity index (χ2n) is 5.28. The maximum atomic E-state index is 6.17. The molecule has 0 bridgehead atoms. The quantitative estimate of drug-likeness (QED) is 0.827. The Morgan fingerprint density at radius 1 is 1.05 bits per heavy atom. The molecule has 1 fully saturated rings. The summed E-state index contributed by atoms with van der Waals surface area (Å²) >= 11 is 0. The second kappa shape index (κ2) is 7.39. The molecule has 0 aromatic heterocycles. The molecule has 1 aliphatic rings. The zero-order chi connectivity index (χ0) is 13.5. The number of benzene rings is 1. The van der Waals surface area contributed by atoms with E-state index in [0.717, 1.165) is 37.4 Å². The maximum Gasteiger partial charge on any atom is 0.120 e. The first-order chi connectivity index (χ1) is 9.29. The van der Waals surface area contributed by atoms with Crippen LogP contribution in [-0.2, 0) is 0 Å². The van der Waals surface area contributed by atoms with Gasteiger partial charge < -0.3 is 15.2 Å². The van der Waals surface area contributed by atoms with Gasteiger partial charge in [0.1, 0.15) is 17.6 Å². The van der Waals surface area contributed by atoms with Gasteiger partial charge in [0.25, 0.3) is 0 Å². The van der Waals surface area contributed by atoms with Crippen LogP contribution in [0.2, 0.25) is 0 Å². The van der Waals surface area contributed by atoms with Gasteiger partial charge in [0.15, 0.2) is 0 Å². The van der Waals surface area contributed by atoms with E-state index < -0.39 is 0 Å². The van der Waals surface area contributed by atoms with Crippen molar-refractivity contribution in [2.45, 2.75) is 57.6 Å². The number of nitrogens with two attached hydrogens (primary N) is 1. The van der Waals surface area contributed by atoms with E-state index in [2.05, 4.69) is 6.92 Å². The van der Waals surface area contributed by atoms with Crippen molar-refractivity contribution in [3.63, 3.8) is 0 Å². The minimum absolute atomic E-state index is 0.157. The SMILES string of the molecule is CCCOc1ccc(OC2CCCCCC2N)cc1. The van der Waals surface area contributed by atoms with Crippen LogP contribution in [0.4, 0.5) is 0 Å². The van der Waals surface area contributed by atoms with Crippen molar-refractivity contribution >= 4 is 0 Å². The lowest BCUT2D eigenvalue weighted by Gasteiger charge is -2.23. The fourth-order valence-corrected chi connectivity index (χ4v) is 2.46. The van der Waals surface area contributed by atoms with Crippen LogP contribution in [0, 0.1) is 0 Å². The summed E-state index contributed by atoms with van der Waals surface area (Å²) in [6.45, 7) is 2.86. The lowest BCUT2D eigenvalue weighted by Crippen LogP contribution is -2.37. The Morgan fingerprint density at radius 2 is 1.74 bits per heavy atom. The Balaban J connectivity index is 1.90. The summed E-state index contributed by atoms with van der Waals surface area (Å²) in [5, 5.41) is 0. The van der Waals surface area contributed by atoms with E-state index in [0.29, 0.717) is 0 Å². The second-order valence-corrected chi connectivity index (χ2v) is 5.28. The summed E-state index contributed by atoms with van der Waals surface area (Å²) in [5.74, 6) is 1.80. The zero-order valence-electron chi connectivity index (χ0n) is 11.8. The fourth-order valence-electron chi connectivity index (χ4n) is 2.46. The molecule has 0 saturated heterocycles. The zero-order valence-corrected chi connectivity index (χ0v) is 11.8. The first-order valence-electron chi connectivity index (χ1n) is 7.44. The Labute approximate surface area is 116 Å². The molecule has 1 saturated carbocycles. The third-order valence-corrected chi connectivity index (χ3v) is 3.59. The van der Waals surface area contributed by atoms with Gasteiger partial charge in [-0.25, -0.2) is 0 Å². The fraction of sp³-hybridized carbons (Fsp3) is 0.625. The molecule has 1 aliphatic carbocycles. The molecular formula is C16H25NO2. The van der Waals surface area contributed by atoms with Crippen molar-refractivity contribution in [2.75, 3.05) is 6.61 Å². The summed E-state index contributed by atoms with van der Waals surface area (Å²) in [7, 11) is 0. The van der Waals surface area contributed by atoms with Gasteiger partial charge in [0.05, 0.1) is 6.61 Å². The third kappa shape index (κ3) is 4.43. The average Bonchev–Trinajstić information content (AvgIpc) is 2.63. The van der Waals surface area contributed by atoms with Gasteiger partial charge in [0.2, 0.25) is 0 Å². The van der Waals surface area contributed by atoms with Crippen LogP contribution in [-0.4, -0.2) is 18.8 Å². The molecule has 2 N–H and O–H groups in total. The van der Waals surface area contributed by atoms with E-state index in [1.54, 1.807) is 0 Å². The van der Waals surface area contributed by atoms with Crippen LogP contribution < -0.4 is 15.2 Å². The lowest BCUT2D eigenvalue weighted by atomic mass is 10.1. The highest BCUT2D eigenvalue weighted by molar-refractivity contribution is 5.31. The highest BCUT2D eigenvalue weighted by Gasteiger charge is 2.21. The first kappa shape index (κ1) is 14.2. The maximum absolute atomic E-state index is 6.17. The Morgan fingerprint density at radius 3 is 2.47 bits per heavy atom. The number of hydrogen-bond donors (Lipinski definition) is 1. The summed E-state index contributed by atoms with van der Waals surface area (Å²) in [4.78, 5) is 0. The highest BCUT2D eigenvalue weighted by Crippen LogP contribution is 2.24. The smallest absolute Gasteiger partial charge is 0.120 e. The van der Waals surface area contributed by atoms with Crippen LogP contribution >= 0.6 is 0 Å². The van der Waals surface area contributed by atoms with Gasteiger partial charge in [-0.1, -0.05) is 19.8 Å². The molecule has 3 heteroatoms. The van der Waals surface area contributed by atoms with Gasteiger partial charge in [-0.15, -0.1) is 0 Å². The van der Waals surface area contributed by atoms with E-state index in [1.807, 2.05) is 24.3 Å². The number of rotatable bonds is 5. The van der Waals surface area contributed by atoms with E-state index in [1.165, 1.54) is 19.3 Å². The Hall–Kier alpha value is -1.22. The van der Waals surface area contributed by atoms with Crippen LogP contribution in [0.1, 0.15) is 45.4 Å². The Bertz CT molecular complexity index is 364. The summed E-state index contributed by atoms with van der Waals surface area (Å²) < 4.78 is 11.6. The van der Waals surface area contributed by atoms with E-state index in [9.17, 15) is 0 Å². The molecule has 0 heterocycles. The van der Waals surface area contributed by atoms with Gasteiger partial charge in [-0.2, -0.15) is 0 Å². The van der Waals surface area contributed by atoms with Crippen LogP contribution in [0.15, 0.2) is 24.3 Å². The predicted octanol–water partition coefficient (Wildman–Crippen LogP) is 3.51. The predicted molar refractivity (Wildman–Crippen MR) is 77.7 cm³/mol. The molecule has 19 heavy (non-hydrogen) atoms. The topological polar surface area (TPSA) is 44.5 Å². The minimum atomic E-state index is 0.157. The third-order valence-electron chi connectivity index (χ3n) is 3.59. The molecule has 2 atom stereocenters. The highest BCUT2D eigenvalue weighted by atomic mass is 16.5. The van der Waals surface area contributed by atoms with E-state index in [4.69, 9.17) is 15.2 Å². The van der Waals surface area contributed by atoms with Gasteiger partial charge >= 0.3 is 0 Å². The van der Waals surface area contributed by atoms with E-state index >= 15 is 0 Å². The summed E-state index contributed by atoms with van der Waals surface area (Å²) in [5.41, 5.74) is 6.17. The molecule has 1 aromatic rings. The molecule has 2 rings (SSSR count). The number of hydrogen-bond acceptors (Lipinski definition) is 3. The summed E-state index contributed by atoms with van der Waals surface area (Å²) in [6.07, 6.45) is 7.04. The minimum Gasteiger partial charge on any atom is -0.494 e. The molecule has 0 radical (unpaired) electrons. The first-order valence-corrected chi connectivity index (χ1v) is 7.44. The molecule has 2 unspecified atom stereocenters. The molecule has 0 spiro atoms.